The Kier molecular flexibility index (Phi) is 2.26. The van der Waals surface area contributed by atoms with Crippen molar-refractivity contribution < 1.29 is 9.34 Å². The molecule has 18 heavy (non-hydrogen) atoms. The number of benzene rings is 1. The SMILES string of the molecule is O=[N+]([O-])c1ccc(-c2nc3ccncc3o2)cc1. The zero-order valence-electron chi connectivity index (χ0n) is 9.11. The van der Waals surface area contributed by atoms with Crippen molar-refractivity contribution in [3.63, 3.8) is 0 Å². The standard InChI is InChI=1S/C12H7N3O3/c16-15(17)9-3-1-8(2-4-9)12-14-10-5-6-13-7-11(10)18-12/h1-7H. The maximum atomic E-state index is 10.5. The highest BCUT2D eigenvalue weighted by molar-refractivity contribution is 5.75. The van der Waals surface area contributed by atoms with Gasteiger partial charge in [0.1, 0.15) is 5.52 Å². The molecule has 3 aromatic rings. The van der Waals surface area contributed by atoms with Gasteiger partial charge in [0.05, 0.1) is 11.1 Å². The number of hydrogen-bond donors (Lipinski definition) is 0. The molecule has 2 aromatic heterocycles. The number of nitrogens with zero attached hydrogens (tertiary/aromatic N) is 3. The molecule has 88 valence electrons. The normalized spacial score (nSPS) is 10.7. The summed E-state index contributed by atoms with van der Waals surface area (Å²) in [5.74, 6) is 0.424. The van der Waals surface area contributed by atoms with Crippen molar-refractivity contribution in [3.8, 4) is 11.5 Å². The van der Waals surface area contributed by atoms with Gasteiger partial charge in [0.25, 0.3) is 5.69 Å². The van der Waals surface area contributed by atoms with Crippen LogP contribution in [0, 0.1) is 10.1 Å². The highest BCUT2D eigenvalue weighted by Gasteiger charge is 2.10. The number of nitro groups is 1. The van der Waals surface area contributed by atoms with Crippen molar-refractivity contribution in [1.82, 2.24) is 9.97 Å². The Labute approximate surface area is 101 Å². The highest BCUT2D eigenvalue weighted by atomic mass is 16.6. The lowest BCUT2D eigenvalue weighted by Crippen LogP contribution is -1.87. The molecule has 0 atom stereocenters. The largest absolute Gasteiger partial charge is 0.434 e. The minimum Gasteiger partial charge on any atom is -0.434 e. The van der Waals surface area contributed by atoms with Gasteiger partial charge in [0.2, 0.25) is 5.89 Å². The minimum atomic E-state index is -0.445. The summed E-state index contributed by atoms with van der Waals surface area (Å²) >= 11 is 0. The van der Waals surface area contributed by atoms with E-state index in [0.29, 0.717) is 22.6 Å². The van der Waals surface area contributed by atoms with Gasteiger partial charge in [0.15, 0.2) is 5.58 Å². The van der Waals surface area contributed by atoms with Gasteiger partial charge >= 0.3 is 0 Å². The number of oxazole rings is 1. The number of fused-ring (bicyclic) bond motifs is 1. The fourth-order valence-corrected chi connectivity index (χ4v) is 1.63. The molecule has 0 aliphatic heterocycles. The lowest BCUT2D eigenvalue weighted by atomic mass is 10.2. The molecule has 0 saturated carbocycles. The molecule has 6 nitrogen and oxygen atoms in total. The number of aromatic nitrogens is 2. The predicted molar refractivity (Wildman–Crippen MR) is 63.9 cm³/mol. The van der Waals surface area contributed by atoms with Crippen LogP contribution in [0.4, 0.5) is 5.69 Å². The van der Waals surface area contributed by atoms with Gasteiger partial charge in [-0.05, 0) is 18.2 Å². The van der Waals surface area contributed by atoms with Crippen LogP contribution in [0.3, 0.4) is 0 Å². The van der Waals surface area contributed by atoms with E-state index in [2.05, 4.69) is 9.97 Å². The van der Waals surface area contributed by atoms with E-state index in [1.54, 1.807) is 30.6 Å². The lowest BCUT2D eigenvalue weighted by Gasteiger charge is -1.94. The third-order valence-corrected chi connectivity index (χ3v) is 2.52. The average molecular weight is 241 g/mol. The van der Waals surface area contributed by atoms with Crippen molar-refractivity contribution in [1.29, 1.82) is 0 Å². The Balaban J connectivity index is 2.06. The first kappa shape index (κ1) is 10.4. The maximum absolute atomic E-state index is 10.5. The Bertz CT molecular complexity index is 686. The van der Waals surface area contributed by atoms with E-state index < -0.39 is 4.92 Å². The summed E-state index contributed by atoms with van der Waals surface area (Å²) in [7, 11) is 0. The van der Waals surface area contributed by atoms with Crippen LogP contribution in [0.25, 0.3) is 22.6 Å². The molecule has 1 aromatic carbocycles. The first-order valence-corrected chi connectivity index (χ1v) is 5.19. The third kappa shape index (κ3) is 1.69. The number of non-ortho nitro benzene ring substituents is 1. The van der Waals surface area contributed by atoms with E-state index in [9.17, 15) is 10.1 Å². The molecule has 0 aliphatic rings. The molecule has 2 heterocycles. The smallest absolute Gasteiger partial charge is 0.269 e. The summed E-state index contributed by atoms with van der Waals surface area (Å²) in [6, 6.07) is 7.80. The summed E-state index contributed by atoms with van der Waals surface area (Å²) < 4.78 is 5.51. The van der Waals surface area contributed by atoms with E-state index in [4.69, 9.17) is 4.42 Å². The van der Waals surface area contributed by atoms with Crippen LogP contribution >= 0.6 is 0 Å². The van der Waals surface area contributed by atoms with Crippen LogP contribution in [0.1, 0.15) is 0 Å². The van der Waals surface area contributed by atoms with Crippen molar-refractivity contribution in [2.75, 3.05) is 0 Å². The highest BCUT2D eigenvalue weighted by Crippen LogP contribution is 2.25. The second-order valence-electron chi connectivity index (χ2n) is 3.67. The number of rotatable bonds is 2. The Hall–Kier alpha value is -2.76. The first-order chi connectivity index (χ1) is 8.74. The zero-order valence-corrected chi connectivity index (χ0v) is 9.11. The van der Waals surface area contributed by atoms with Gasteiger partial charge in [0, 0.05) is 23.9 Å². The van der Waals surface area contributed by atoms with Crippen molar-refractivity contribution in [3.05, 3.63) is 52.8 Å². The van der Waals surface area contributed by atoms with Crippen molar-refractivity contribution in [2.24, 2.45) is 0 Å². The van der Waals surface area contributed by atoms with Crippen LogP contribution in [-0.4, -0.2) is 14.9 Å². The predicted octanol–water partition coefficient (Wildman–Crippen LogP) is 2.80. The molecular weight excluding hydrogens is 234 g/mol. The van der Waals surface area contributed by atoms with Gasteiger partial charge in [-0.25, -0.2) is 4.98 Å². The molecule has 0 radical (unpaired) electrons. The number of pyridine rings is 1. The Morgan fingerprint density at radius 1 is 1.17 bits per heavy atom. The molecule has 0 N–H and O–H groups in total. The third-order valence-electron chi connectivity index (χ3n) is 2.52. The molecule has 0 bridgehead atoms. The van der Waals surface area contributed by atoms with Gasteiger partial charge < -0.3 is 4.42 Å². The monoisotopic (exact) mass is 241 g/mol. The average Bonchev–Trinajstić information content (AvgIpc) is 2.82. The molecule has 3 rings (SSSR count). The molecule has 0 amide bonds. The van der Waals surface area contributed by atoms with Crippen LogP contribution in [-0.2, 0) is 0 Å². The first-order valence-electron chi connectivity index (χ1n) is 5.19. The van der Waals surface area contributed by atoms with E-state index in [-0.39, 0.29) is 5.69 Å². The Morgan fingerprint density at radius 2 is 1.94 bits per heavy atom. The molecule has 0 saturated heterocycles. The molecule has 0 aliphatic carbocycles. The van der Waals surface area contributed by atoms with E-state index in [0.717, 1.165) is 0 Å². The molecule has 6 heteroatoms. The number of hydrogen-bond acceptors (Lipinski definition) is 5. The fourth-order valence-electron chi connectivity index (χ4n) is 1.63. The molecule has 0 spiro atoms. The van der Waals surface area contributed by atoms with E-state index >= 15 is 0 Å². The van der Waals surface area contributed by atoms with Crippen molar-refractivity contribution in [2.45, 2.75) is 0 Å². The molecule has 0 unspecified atom stereocenters. The molecule has 0 fully saturated rings. The van der Waals surface area contributed by atoms with Crippen LogP contribution in [0.15, 0.2) is 47.1 Å². The summed E-state index contributed by atoms with van der Waals surface area (Å²) in [5.41, 5.74) is 2.03. The fraction of sp³-hybridized carbons (Fsp3) is 0. The molecular formula is C12H7N3O3. The maximum Gasteiger partial charge on any atom is 0.269 e. The van der Waals surface area contributed by atoms with Crippen LogP contribution in [0.5, 0.6) is 0 Å². The van der Waals surface area contributed by atoms with Gasteiger partial charge in [-0.2, -0.15) is 0 Å². The topological polar surface area (TPSA) is 82.1 Å². The van der Waals surface area contributed by atoms with Gasteiger partial charge in [-0.1, -0.05) is 0 Å². The second kappa shape index (κ2) is 3.92. The van der Waals surface area contributed by atoms with Gasteiger partial charge in [-0.3, -0.25) is 15.1 Å². The van der Waals surface area contributed by atoms with Crippen LogP contribution in [0.2, 0.25) is 0 Å². The second-order valence-corrected chi connectivity index (χ2v) is 3.67. The van der Waals surface area contributed by atoms with Crippen molar-refractivity contribution >= 4 is 16.8 Å². The number of nitro benzene ring substituents is 1. The summed E-state index contributed by atoms with van der Waals surface area (Å²) in [6.45, 7) is 0. The summed E-state index contributed by atoms with van der Waals surface area (Å²) in [4.78, 5) is 18.3. The Morgan fingerprint density at radius 3 is 2.61 bits per heavy atom. The quantitative estimate of drug-likeness (QED) is 0.509. The van der Waals surface area contributed by atoms with E-state index in [1.165, 1.54) is 12.1 Å². The van der Waals surface area contributed by atoms with Crippen LogP contribution < -0.4 is 0 Å². The lowest BCUT2D eigenvalue weighted by molar-refractivity contribution is -0.384. The summed E-state index contributed by atoms with van der Waals surface area (Å²) in [6.07, 6.45) is 3.21. The van der Waals surface area contributed by atoms with E-state index in [1.807, 2.05) is 0 Å². The zero-order chi connectivity index (χ0) is 12.5. The summed E-state index contributed by atoms with van der Waals surface area (Å²) in [5, 5.41) is 10.5. The minimum absolute atomic E-state index is 0.0385. The van der Waals surface area contributed by atoms with Gasteiger partial charge in [-0.15, -0.1) is 0 Å².